The number of halogens is 1. The molecule has 0 atom stereocenters. The fourth-order valence-corrected chi connectivity index (χ4v) is 1.43. The number of hydrogen-bond donors (Lipinski definition) is 1. The Kier molecular flexibility index (Phi) is 3.22. The van der Waals surface area contributed by atoms with Crippen LogP contribution in [0.25, 0.3) is 11.3 Å². The minimum atomic E-state index is -0.292. The monoisotopic (exact) mass is 218 g/mol. The summed E-state index contributed by atoms with van der Waals surface area (Å²) in [6.07, 6.45) is 2.02. The lowest BCUT2D eigenvalue weighted by molar-refractivity contribution is 0.296. The first-order chi connectivity index (χ1) is 7.79. The summed E-state index contributed by atoms with van der Waals surface area (Å²) in [6, 6.07) is 7.95. The molecule has 1 aromatic heterocycles. The van der Waals surface area contributed by atoms with Crippen LogP contribution in [0, 0.1) is 5.82 Å². The lowest BCUT2D eigenvalue weighted by Gasteiger charge is -2.02. The van der Waals surface area contributed by atoms with Gasteiger partial charge < -0.3 is 5.11 Å². The van der Waals surface area contributed by atoms with Crippen molar-refractivity contribution < 1.29 is 9.50 Å². The molecule has 0 saturated heterocycles. The van der Waals surface area contributed by atoms with E-state index in [4.69, 9.17) is 5.11 Å². The zero-order valence-electron chi connectivity index (χ0n) is 8.60. The van der Waals surface area contributed by atoms with Gasteiger partial charge in [0.05, 0.1) is 12.3 Å². The summed E-state index contributed by atoms with van der Waals surface area (Å²) in [5.41, 5.74) is 1.37. The average molecular weight is 218 g/mol. The lowest BCUT2D eigenvalue weighted by atomic mass is 10.1. The van der Waals surface area contributed by atoms with Crippen LogP contribution in [-0.4, -0.2) is 21.7 Å². The predicted octanol–water partition coefficient (Wildman–Crippen LogP) is 1.82. The van der Waals surface area contributed by atoms with Crippen LogP contribution in [0.5, 0.6) is 0 Å². The molecule has 0 fully saturated rings. The van der Waals surface area contributed by atoms with E-state index in [0.29, 0.717) is 23.5 Å². The summed E-state index contributed by atoms with van der Waals surface area (Å²) >= 11 is 0. The minimum absolute atomic E-state index is 0.00655. The Morgan fingerprint density at radius 2 is 2.12 bits per heavy atom. The summed E-state index contributed by atoms with van der Waals surface area (Å²) in [5, 5.41) is 8.79. The third-order valence-electron chi connectivity index (χ3n) is 2.16. The van der Waals surface area contributed by atoms with E-state index in [0.717, 1.165) is 0 Å². The van der Waals surface area contributed by atoms with Crippen molar-refractivity contribution in [2.75, 3.05) is 6.61 Å². The summed E-state index contributed by atoms with van der Waals surface area (Å²) in [4.78, 5) is 8.25. The van der Waals surface area contributed by atoms with Gasteiger partial charge in [0.1, 0.15) is 11.6 Å². The summed E-state index contributed by atoms with van der Waals surface area (Å²) in [5.74, 6) is 0.268. The molecule has 0 spiro atoms. The molecule has 82 valence electrons. The van der Waals surface area contributed by atoms with Crippen molar-refractivity contribution >= 4 is 0 Å². The second-order valence-corrected chi connectivity index (χ2v) is 3.34. The molecule has 0 saturated carbocycles. The number of nitrogens with zero attached hydrogens (tertiary/aromatic N) is 2. The Labute approximate surface area is 92.6 Å². The molecule has 0 aliphatic carbocycles. The molecule has 16 heavy (non-hydrogen) atoms. The molecule has 2 aromatic rings. The van der Waals surface area contributed by atoms with Gasteiger partial charge in [-0.2, -0.15) is 0 Å². The number of rotatable bonds is 3. The summed E-state index contributed by atoms with van der Waals surface area (Å²) < 4.78 is 13.0. The standard InChI is InChI=1S/C12H11FN2O/c13-10-3-1-2-9(8-10)11-4-6-14-12(15-11)5-7-16/h1-4,6,8,16H,5,7H2. The van der Waals surface area contributed by atoms with Gasteiger partial charge in [-0.25, -0.2) is 14.4 Å². The van der Waals surface area contributed by atoms with Gasteiger partial charge >= 0.3 is 0 Å². The predicted molar refractivity (Wildman–Crippen MR) is 58.2 cm³/mol. The van der Waals surface area contributed by atoms with E-state index in [2.05, 4.69) is 9.97 Å². The van der Waals surface area contributed by atoms with Gasteiger partial charge in [0.2, 0.25) is 0 Å². The molecule has 0 aliphatic rings. The smallest absolute Gasteiger partial charge is 0.131 e. The summed E-state index contributed by atoms with van der Waals surface area (Å²) in [6.45, 7) is 0.00655. The molecule has 3 nitrogen and oxygen atoms in total. The van der Waals surface area contributed by atoms with Gasteiger partial charge in [-0.1, -0.05) is 12.1 Å². The zero-order valence-corrected chi connectivity index (χ0v) is 8.60. The zero-order chi connectivity index (χ0) is 11.4. The van der Waals surface area contributed by atoms with Crippen molar-refractivity contribution in [2.24, 2.45) is 0 Å². The van der Waals surface area contributed by atoms with Crippen LogP contribution in [0.15, 0.2) is 36.5 Å². The van der Waals surface area contributed by atoms with E-state index < -0.39 is 0 Å². The molecular weight excluding hydrogens is 207 g/mol. The van der Waals surface area contributed by atoms with Crippen LogP contribution < -0.4 is 0 Å². The van der Waals surface area contributed by atoms with E-state index in [1.807, 2.05) is 0 Å². The SMILES string of the molecule is OCCc1nccc(-c2cccc(F)c2)n1. The maximum atomic E-state index is 13.0. The molecule has 1 heterocycles. The largest absolute Gasteiger partial charge is 0.396 e. The molecule has 0 radical (unpaired) electrons. The van der Waals surface area contributed by atoms with Crippen molar-refractivity contribution in [2.45, 2.75) is 6.42 Å². The Balaban J connectivity index is 2.36. The van der Waals surface area contributed by atoms with E-state index in [1.54, 1.807) is 24.4 Å². The van der Waals surface area contributed by atoms with Crippen LogP contribution in [-0.2, 0) is 6.42 Å². The van der Waals surface area contributed by atoms with Crippen LogP contribution in [0.4, 0.5) is 4.39 Å². The van der Waals surface area contributed by atoms with Gasteiger partial charge in [-0.15, -0.1) is 0 Å². The fraction of sp³-hybridized carbons (Fsp3) is 0.167. The molecule has 4 heteroatoms. The molecule has 0 bridgehead atoms. The highest BCUT2D eigenvalue weighted by Gasteiger charge is 2.02. The number of aromatic nitrogens is 2. The first kappa shape index (κ1) is 10.7. The highest BCUT2D eigenvalue weighted by Crippen LogP contribution is 2.17. The third kappa shape index (κ3) is 2.41. The quantitative estimate of drug-likeness (QED) is 0.854. The molecule has 1 N–H and O–H groups in total. The fourth-order valence-electron chi connectivity index (χ4n) is 1.43. The van der Waals surface area contributed by atoms with Crippen LogP contribution >= 0.6 is 0 Å². The third-order valence-corrected chi connectivity index (χ3v) is 2.16. The van der Waals surface area contributed by atoms with Gasteiger partial charge in [0, 0.05) is 18.2 Å². The second-order valence-electron chi connectivity index (χ2n) is 3.34. The number of aliphatic hydroxyl groups excluding tert-OH is 1. The van der Waals surface area contributed by atoms with Crippen molar-refractivity contribution in [3.8, 4) is 11.3 Å². The van der Waals surface area contributed by atoms with Crippen LogP contribution in [0.2, 0.25) is 0 Å². The molecule has 0 unspecified atom stereocenters. The number of hydrogen-bond acceptors (Lipinski definition) is 3. The Hall–Kier alpha value is -1.81. The van der Waals surface area contributed by atoms with Gasteiger partial charge in [-0.3, -0.25) is 0 Å². The first-order valence-electron chi connectivity index (χ1n) is 4.98. The maximum Gasteiger partial charge on any atom is 0.131 e. The van der Waals surface area contributed by atoms with Crippen molar-refractivity contribution in [1.82, 2.24) is 9.97 Å². The highest BCUT2D eigenvalue weighted by molar-refractivity contribution is 5.58. The maximum absolute atomic E-state index is 13.0. The Morgan fingerprint density at radius 1 is 1.25 bits per heavy atom. The summed E-state index contributed by atoms with van der Waals surface area (Å²) in [7, 11) is 0. The van der Waals surface area contributed by atoms with Gasteiger partial charge in [-0.05, 0) is 18.2 Å². The van der Waals surface area contributed by atoms with Crippen LogP contribution in [0.1, 0.15) is 5.82 Å². The van der Waals surface area contributed by atoms with Crippen LogP contribution in [0.3, 0.4) is 0 Å². The topological polar surface area (TPSA) is 46.0 Å². The Bertz CT molecular complexity index is 488. The number of aliphatic hydroxyl groups is 1. The molecular formula is C12H11FN2O. The Morgan fingerprint density at radius 3 is 2.88 bits per heavy atom. The normalized spacial score (nSPS) is 10.4. The van der Waals surface area contributed by atoms with Crippen molar-refractivity contribution in [3.63, 3.8) is 0 Å². The average Bonchev–Trinajstić information content (AvgIpc) is 2.30. The molecule has 2 rings (SSSR count). The van der Waals surface area contributed by atoms with Gasteiger partial charge in [0.15, 0.2) is 0 Å². The molecule has 0 amide bonds. The van der Waals surface area contributed by atoms with E-state index in [1.165, 1.54) is 12.1 Å². The van der Waals surface area contributed by atoms with E-state index >= 15 is 0 Å². The second kappa shape index (κ2) is 4.81. The molecule has 0 aliphatic heterocycles. The first-order valence-corrected chi connectivity index (χ1v) is 4.98. The minimum Gasteiger partial charge on any atom is -0.396 e. The van der Waals surface area contributed by atoms with Crippen molar-refractivity contribution in [1.29, 1.82) is 0 Å². The lowest BCUT2D eigenvalue weighted by Crippen LogP contribution is -1.99. The number of benzene rings is 1. The van der Waals surface area contributed by atoms with Gasteiger partial charge in [0.25, 0.3) is 0 Å². The van der Waals surface area contributed by atoms with E-state index in [9.17, 15) is 4.39 Å². The van der Waals surface area contributed by atoms with E-state index in [-0.39, 0.29) is 12.4 Å². The molecule has 1 aromatic carbocycles. The van der Waals surface area contributed by atoms with Crippen molar-refractivity contribution in [3.05, 3.63) is 48.2 Å². The highest BCUT2D eigenvalue weighted by atomic mass is 19.1.